The van der Waals surface area contributed by atoms with E-state index in [-0.39, 0.29) is 13.4 Å². The van der Waals surface area contributed by atoms with Crippen molar-refractivity contribution in [2.24, 2.45) is 0 Å². The van der Waals surface area contributed by atoms with Gasteiger partial charge in [-0.3, -0.25) is 0 Å². The molecule has 9 aromatic carbocycles. The number of nitrogens with zero attached hydrogens (tertiary/aromatic N) is 6. The van der Waals surface area contributed by atoms with Crippen LogP contribution in [0.5, 0.6) is 0 Å². The normalized spacial score (nSPS) is 13.3. The van der Waals surface area contributed by atoms with Crippen LogP contribution in [0.3, 0.4) is 0 Å². The summed E-state index contributed by atoms with van der Waals surface area (Å²) >= 11 is 0. The van der Waals surface area contributed by atoms with Crippen molar-refractivity contribution in [3.63, 3.8) is 0 Å². The highest BCUT2D eigenvalue weighted by Gasteiger charge is 2.48. The number of fused-ring (bicyclic) bond motifs is 8. The van der Waals surface area contributed by atoms with Crippen molar-refractivity contribution in [1.82, 2.24) is 0 Å². The molecule has 0 amide bonds. The van der Waals surface area contributed by atoms with Crippen molar-refractivity contribution in [2.75, 3.05) is 55.6 Å². The van der Waals surface area contributed by atoms with Crippen LogP contribution < -0.4 is 62.2 Å². The van der Waals surface area contributed by atoms with Crippen molar-refractivity contribution in [1.29, 1.82) is 0 Å². The second kappa shape index (κ2) is 21.4. The van der Waals surface area contributed by atoms with Crippen LogP contribution in [0.25, 0.3) is 0 Å². The van der Waals surface area contributed by atoms with Crippen LogP contribution >= 0.6 is 0 Å². The Morgan fingerprint density at radius 1 is 0.282 bits per heavy atom. The summed E-state index contributed by atoms with van der Waals surface area (Å²) in [6.45, 7) is 13.3. The van der Waals surface area contributed by atoms with Gasteiger partial charge in [0.1, 0.15) is 0 Å². The molecule has 386 valence electrons. The number of rotatable bonds is 18. The Hall–Kier alpha value is -8.09. The van der Waals surface area contributed by atoms with E-state index in [1.54, 1.807) is 0 Å². The third kappa shape index (κ3) is 8.43. The Bertz CT molecular complexity index is 3340. The highest BCUT2D eigenvalue weighted by atomic mass is 15.2. The van der Waals surface area contributed by atoms with Gasteiger partial charge in [0.2, 0.25) is 0 Å². The lowest BCUT2D eigenvalue weighted by Crippen LogP contribution is -2.65. The first kappa shape index (κ1) is 49.5. The summed E-state index contributed by atoms with van der Waals surface area (Å²) in [4.78, 5) is 15.8. The maximum absolute atomic E-state index is 2.68. The number of hydrogen-bond donors (Lipinski definition) is 0. The summed E-state index contributed by atoms with van der Waals surface area (Å²) in [6, 6.07) is 78.7. The molecule has 0 radical (unpaired) electrons. The maximum atomic E-state index is 2.68. The fourth-order valence-electron chi connectivity index (χ4n) is 13.3. The average Bonchev–Trinajstić information content (AvgIpc) is 3.18. The SMILES string of the molecule is CCCCN(CCCC)c1cc2c3c(c1)N(c1ccccc1)c1cc4c(cc1B3c1ccccc1N2c1ccccc1)B1c2ccccc2N(c2ccccc2)c2cc(N(CCCC)CCCC)cc(c21)N4c1ccccc1. The van der Waals surface area contributed by atoms with E-state index in [1.165, 1.54) is 101 Å². The predicted octanol–water partition coefficient (Wildman–Crippen LogP) is 14.7. The number of hydrogen-bond acceptors (Lipinski definition) is 6. The zero-order chi connectivity index (χ0) is 52.7. The van der Waals surface area contributed by atoms with E-state index < -0.39 is 0 Å². The fraction of sp³-hybridized carbons (Fsp3) is 0.229. The van der Waals surface area contributed by atoms with Crippen molar-refractivity contribution in [3.05, 3.63) is 206 Å². The second-order valence-electron chi connectivity index (χ2n) is 21.8. The Labute approximate surface area is 464 Å². The summed E-state index contributed by atoms with van der Waals surface area (Å²) in [5.74, 6) is 0. The van der Waals surface area contributed by atoms with Crippen LogP contribution in [-0.2, 0) is 0 Å². The Morgan fingerprint density at radius 2 is 0.564 bits per heavy atom. The fourth-order valence-corrected chi connectivity index (χ4v) is 13.3. The summed E-state index contributed by atoms with van der Waals surface area (Å²) in [5, 5.41) is 0. The van der Waals surface area contributed by atoms with Gasteiger partial charge >= 0.3 is 0 Å². The highest BCUT2D eigenvalue weighted by Crippen LogP contribution is 2.50. The van der Waals surface area contributed by atoms with Gasteiger partial charge in [0, 0.05) is 106 Å². The lowest BCUT2D eigenvalue weighted by Gasteiger charge is -2.48. The third-order valence-electron chi connectivity index (χ3n) is 17.0. The molecule has 0 unspecified atom stereocenters. The summed E-state index contributed by atoms with van der Waals surface area (Å²) in [7, 11) is 0. The largest absolute Gasteiger partial charge is 0.371 e. The molecule has 4 aliphatic heterocycles. The van der Waals surface area contributed by atoms with E-state index in [1.807, 2.05) is 0 Å². The van der Waals surface area contributed by atoms with Crippen molar-refractivity contribution < 1.29 is 0 Å². The van der Waals surface area contributed by atoms with Gasteiger partial charge in [0.05, 0.1) is 0 Å². The minimum absolute atomic E-state index is 0.0426. The quantitative estimate of drug-likeness (QED) is 0.0792. The number of unbranched alkanes of at least 4 members (excludes halogenated alkanes) is 4. The number of anilines is 14. The lowest BCUT2D eigenvalue weighted by molar-refractivity contribution is 0.678. The first-order valence-corrected chi connectivity index (χ1v) is 29.2. The molecule has 0 spiro atoms. The molecule has 0 bridgehead atoms. The standard InChI is InChI=1S/C70H70B2N6/c1-5-9-41-73(42-10-6-2)55-45-65-69-67(47-55)77(53-33-21-15-22-34-53)63-50-64-60(49-59(63)71(69)57-37-25-27-39-61(57)75(65)51-29-17-13-18-30-51)72-58-38-26-28-40-62(58)76(52-31-19-14-20-32-52)66-46-56(74(43-11-7-3)44-12-8-4)48-68(70(66)72)78(64)54-35-23-16-24-36-54/h13-40,45-50H,5-12,41-44H2,1-4H3. The van der Waals surface area contributed by atoms with Gasteiger partial charge in [-0.15, -0.1) is 0 Å². The Morgan fingerprint density at radius 3 is 0.872 bits per heavy atom. The molecule has 0 saturated carbocycles. The van der Waals surface area contributed by atoms with Crippen LogP contribution in [0.2, 0.25) is 0 Å². The molecular weight excluding hydrogens is 946 g/mol. The van der Waals surface area contributed by atoms with Crippen molar-refractivity contribution >= 4 is 126 Å². The van der Waals surface area contributed by atoms with Gasteiger partial charge in [-0.05, 0) is 149 Å². The molecule has 4 aliphatic rings. The zero-order valence-corrected chi connectivity index (χ0v) is 46.0. The monoisotopic (exact) mass is 1020 g/mol. The average molecular weight is 1020 g/mol. The van der Waals surface area contributed by atoms with Crippen molar-refractivity contribution in [2.45, 2.75) is 79.1 Å². The van der Waals surface area contributed by atoms with Crippen LogP contribution in [0, 0.1) is 0 Å². The van der Waals surface area contributed by atoms with E-state index in [4.69, 9.17) is 0 Å². The molecule has 8 heteroatoms. The molecule has 0 aliphatic carbocycles. The van der Waals surface area contributed by atoms with Crippen LogP contribution in [0.4, 0.5) is 79.6 Å². The molecule has 0 saturated heterocycles. The van der Waals surface area contributed by atoms with Crippen LogP contribution in [0.1, 0.15) is 79.1 Å². The van der Waals surface area contributed by atoms with Crippen LogP contribution in [0.15, 0.2) is 206 Å². The van der Waals surface area contributed by atoms with Crippen molar-refractivity contribution in [3.8, 4) is 0 Å². The van der Waals surface area contributed by atoms with E-state index in [9.17, 15) is 0 Å². The third-order valence-corrected chi connectivity index (χ3v) is 17.0. The molecule has 0 fully saturated rings. The zero-order valence-electron chi connectivity index (χ0n) is 46.0. The smallest absolute Gasteiger partial charge is 0.252 e. The molecule has 0 atom stereocenters. The predicted molar refractivity (Wildman–Crippen MR) is 339 cm³/mol. The molecule has 0 aromatic heterocycles. The molecule has 13 rings (SSSR count). The second-order valence-corrected chi connectivity index (χ2v) is 21.8. The molecule has 78 heavy (non-hydrogen) atoms. The van der Waals surface area contributed by atoms with Gasteiger partial charge in [-0.25, -0.2) is 0 Å². The van der Waals surface area contributed by atoms with E-state index in [2.05, 4.69) is 263 Å². The minimum atomic E-state index is -0.0426. The molecule has 0 N–H and O–H groups in total. The molecule has 9 aromatic rings. The molecular formula is C70H70B2N6. The Balaban J connectivity index is 1.14. The molecule has 4 heterocycles. The first-order chi connectivity index (χ1) is 38.6. The number of benzene rings is 9. The minimum Gasteiger partial charge on any atom is -0.371 e. The van der Waals surface area contributed by atoms with Gasteiger partial charge in [0.25, 0.3) is 13.4 Å². The van der Waals surface area contributed by atoms with Gasteiger partial charge in [-0.1, -0.05) is 169 Å². The van der Waals surface area contributed by atoms with E-state index in [0.717, 1.165) is 88.9 Å². The van der Waals surface area contributed by atoms with E-state index in [0.29, 0.717) is 0 Å². The van der Waals surface area contributed by atoms with Gasteiger partial charge < -0.3 is 29.4 Å². The molecule has 6 nitrogen and oxygen atoms in total. The first-order valence-electron chi connectivity index (χ1n) is 29.2. The highest BCUT2D eigenvalue weighted by molar-refractivity contribution is 7.03. The number of para-hydroxylation sites is 6. The summed E-state index contributed by atoms with van der Waals surface area (Å²) < 4.78 is 0. The van der Waals surface area contributed by atoms with Gasteiger partial charge in [-0.2, -0.15) is 0 Å². The lowest BCUT2D eigenvalue weighted by atomic mass is 9.30. The van der Waals surface area contributed by atoms with Crippen LogP contribution in [-0.4, -0.2) is 39.6 Å². The maximum Gasteiger partial charge on any atom is 0.252 e. The summed E-state index contributed by atoms with van der Waals surface area (Å²) in [5.41, 5.74) is 25.1. The topological polar surface area (TPSA) is 19.4 Å². The van der Waals surface area contributed by atoms with E-state index >= 15 is 0 Å². The Kier molecular flexibility index (Phi) is 13.6. The summed E-state index contributed by atoms with van der Waals surface area (Å²) in [6.07, 6.45) is 9.17. The van der Waals surface area contributed by atoms with Gasteiger partial charge in [0.15, 0.2) is 0 Å².